The van der Waals surface area contributed by atoms with E-state index < -0.39 is 17.7 Å². The van der Waals surface area contributed by atoms with Crippen molar-refractivity contribution in [3.8, 4) is 0 Å². The molecule has 0 saturated carbocycles. The SMILES string of the molecule is CC(NC(=O)OC(C)(C)C)C(=O)Nc1ncc(C(C)C)s1. The largest absolute Gasteiger partial charge is 0.444 e. The number of nitrogens with one attached hydrogen (secondary N) is 2. The summed E-state index contributed by atoms with van der Waals surface area (Å²) in [7, 11) is 0. The molecule has 21 heavy (non-hydrogen) atoms. The molecule has 0 radical (unpaired) electrons. The van der Waals surface area contributed by atoms with Gasteiger partial charge in [-0.05, 0) is 33.6 Å². The zero-order valence-corrected chi connectivity index (χ0v) is 14.1. The lowest BCUT2D eigenvalue weighted by Crippen LogP contribution is -2.43. The lowest BCUT2D eigenvalue weighted by molar-refractivity contribution is -0.117. The maximum absolute atomic E-state index is 12.0. The monoisotopic (exact) mass is 313 g/mol. The summed E-state index contributed by atoms with van der Waals surface area (Å²) < 4.78 is 5.10. The molecule has 1 atom stereocenters. The molecular weight excluding hydrogens is 290 g/mol. The van der Waals surface area contributed by atoms with Crippen LogP contribution in [0.25, 0.3) is 0 Å². The average Bonchev–Trinajstić information content (AvgIpc) is 2.74. The molecule has 7 heteroatoms. The number of carbonyl (C=O) groups is 2. The van der Waals surface area contributed by atoms with Crippen LogP contribution in [0.1, 0.15) is 52.3 Å². The second-order valence-electron chi connectivity index (χ2n) is 6.08. The predicted molar refractivity (Wildman–Crippen MR) is 83.7 cm³/mol. The van der Waals surface area contributed by atoms with Crippen molar-refractivity contribution in [1.82, 2.24) is 10.3 Å². The van der Waals surface area contributed by atoms with E-state index in [2.05, 4.69) is 29.5 Å². The van der Waals surface area contributed by atoms with Crippen LogP contribution in [0.15, 0.2) is 6.20 Å². The summed E-state index contributed by atoms with van der Waals surface area (Å²) in [6.07, 6.45) is 1.13. The zero-order valence-electron chi connectivity index (χ0n) is 13.3. The Morgan fingerprint density at radius 1 is 1.29 bits per heavy atom. The Hall–Kier alpha value is -1.63. The Morgan fingerprint density at radius 2 is 1.90 bits per heavy atom. The first kappa shape index (κ1) is 17.4. The van der Waals surface area contributed by atoms with Gasteiger partial charge < -0.3 is 15.4 Å². The van der Waals surface area contributed by atoms with Gasteiger partial charge in [0, 0.05) is 11.1 Å². The van der Waals surface area contributed by atoms with E-state index in [1.165, 1.54) is 11.3 Å². The third-order valence-corrected chi connectivity index (χ3v) is 3.66. The van der Waals surface area contributed by atoms with Crippen molar-refractivity contribution in [2.45, 2.75) is 59.1 Å². The lowest BCUT2D eigenvalue weighted by Gasteiger charge is -2.21. The van der Waals surface area contributed by atoms with Crippen LogP contribution in [0.2, 0.25) is 0 Å². The lowest BCUT2D eigenvalue weighted by atomic mass is 10.2. The molecule has 2 N–H and O–H groups in total. The van der Waals surface area contributed by atoms with E-state index in [4.69, 9.17) is 4.74 Å². The summed E-state index contributed by atoms with van der Waals surface area (Å²) in [4.78, 5) is 28.8. The Bertz CT molecular complexity index is 506. The Morgan fingerprint density at radius 3 is 2.38 bits per heavy atom. The summed E-state index contributed by atoms with van der Waals surface area (Å²) in [5.41, 5.74) is -0.595. The third-order valence-electron chi connectivity index (χ3n) is 2.45. The van der Waals surface area contributed by atoms with Gasteiger partial charge in [0.05, 0.1) is 0 Å². The van der Waals surface area contributed by atoms with E-state index >= 15 is 0 Å². The van der Waals surface area contributed by atoms with E-state index in [1.807, 2.05) is 0 Å². The minimum Gasteiger partial charge on any atom is -0.444 e. The molecule has 1 aromatic heterocycles. The molecule has 0 aliphatic carbocycles. The van der Waals surface area contributed by atoms with Gasteiger partial charge in [-0.25, -0.2) is 9.78 Å². The average molecular weight is 313 g/mol. The van der Waals surface area contributed by atoms with E-state index in [-0.39, 0.29) is 5.91 Å². The fourth-order valence-corrected chi connectivity index (χ4v) is 2.20. The van der Waals surface area contributed by atoms with Gasteiger partial charge in [0.1, 0.15) is 11.6 Å². The number of thiazole rings is 1. The number of rotatable bonds is 4. The van der Waals surface area contributed by atoms with Crippen LogP contribution in [-0.4, -0.2) is 28.6 Å². The molecule has 0 bridgehead atoms. The quantitative estimate of drug-likeness (QED) is 0.895. The normalized spacial score (nSPS) is 12.9. The minimum absolute atomic E-state index is 0.328. The summed E-state index contributed by atoms with van der Waals surface area (Å²) in [5.74, 6) is 0.0379. The van der Waals surface area contributed by atoms with E-state index in [0.717, 1.165) is 4.88 Å². The highest BCUT2D eigenvalue weighted by Crippen LogP contribution is 2.25. The van der Waals surface area contributed by atoms with Crippen molar-refractivity contribution in [3.63, 3.8) is 0 Å². The van der Waals surface area contributed by atoms with Crippen molar-refractivity contribution in [2.75, 3.05) is 5.32 Å². The predicted octanol–water partition coefficient (Wildman–Crippen LogP) is 3.12. The van der Waals surface area contributed by atoms with E-state index in [9.17, 15) is 9.59 Å². The van der Waals surface area contributed by atoms with Crippen molar-refractivity contribution in [1.29, 1.82) is 0 Å². The van der Waals surface area contributed by atoms with Crippen LogP contribution < -0.4 is 10.6 Å². The van der Waals surface area contributed by atoms with Gasteiger partial charge in [-0.2, -0.15) is 0 Å². The van der Waals surface area contributed by atoms with E-state index in [0.29, 0.717) is 11.0 Å². The van der Waals surface area contributed by atoms with Gasteiger partial charge in [0.25, 0.3) is 0 Å². The molecule has 0 fully saturated rings. The van der Waals surface area contributed by atoms with Crippen LogP contribution in [0.3, 0.4) is 0 Å². The molecule has 2 amide bonds. The summed E-state index contributed by atoms with van der Waals surface area (Å²) in [6, 6.07) is -0.703. The molecule has 0 saturated heterocycles. The molecule has 6 nitrogen and oxygen atoms in total. The minimum atomic E-state index is -0.703. The number of amides is 2. The summed E-state index contributed by atoms with van der Waals surface area (Å²) in [5, 5.41) is 5.70. The molecular formula is C14H23N3O3S. The van der Waals surface area contributed by atoms with Gasteiger partial charge in [-0.3, -0.25) is 4.79 Å². The van der Waals surface area contributed by atoms with Gasteiger partial charge in [0.2, 0.25) is 5.91 Å². The number of hydrogen-bond donors (Lipinski definition) is 2. The van der Waals surface area contributed by atoms with Crippen molar-refractivity contribution >= 4 is 28.5 Å². The zero-order chi connectivity index (χ0) is 16.2. The molecule has 0 aliphatic heterocycles. The van der Waals surface area contributed by atoms with Crippen LogP contribution in [0, 0.1) is 0 Å². The highest BCUT2D eigenvalue weighted by atomic mass is 32.1. The molecule has 0 aliphatic rings. The number of nitrogens with zero attached hydrogens (tertiary/aromatic N) is 1. The standard InChI is InChI=1S/C14H23N3O3S/c1-8(2)10-7-15-12(21-10)17-11(18)9(3)16-13(19)20-14(4,5)6/h7-9H,1-6H3,(H,16,19)(H,15,17,18). The first-order chi connectivity index (χ1) is 9.58. The summed E-state index contributed by atoms with van der Waals surface area (Å²) in [6.45, 7) is 11.0. The van der Waals surface area contributed by atoms with Crippen LogP contribution in [0.5, 0.6) is 0 Å². The molecule has 0 aromatic carbocycles. The van der Waals surface area contributed by atoms with Crippen LogP contribution in [-0.2, 0) is 9.53 Å². The maximum Gasteiger partial charge on any atom is 0.408 e. The second kappa shape index (κ2) is 6.89. The smallest absolute Gasteiger partial charge is 0.408 e. The highest BCUT2D eigenvalue weighted by Gasteiger charge is 2.21. The number of ether oxygens (including phenoxy) is 1. The molecule has 1 unspecified atom stereocenters. The van der Waals surface area contributed by atoms with Crippen LogP contribution in [0.4, 0.5) is 9.93 Å². The Kier molecular flexibility index (Phi) is 5.71. The highest BCUT2D eigenvalue weighted by molar-refractivity contribution is 7.15. The van der Waals surface area contributed by atoms with Crippen molar-refractivity contribution < 1.29 is 14.3 Å². The summed E-state index contributed by atoms with van der Waals surface area (Å²) >= 11 is 1.43. The first-order valence-corrected chi connectivity index (χ1v) is 7.66. The maximum atomic E-state index is 12.0. The topological polar surface area (TPSA) is 80.3 Å². The fourth-order valence-electron chi connectivity index (χ4n) is 1.37. The Labute approximate surface area is 129 Å². The number of alkyl carbamates (subject to hydrolysis) is 1. The number of anilines is 1. The molecule has 1 rings (SSSR count). The Balaban J connectivity index is 2.52. The number of carbonyl (C=O) groups excluding carboxylic acids is 2. The van der Waals surface area contributed by atoms with E-state index in [1.54, 1.807) is 33.9 Å². The molecule has 118 valence electrons. The molecule has 1 heterocycles. The van der Waals surface area contributed by atoms with Crippen molar-refractivity contribution in [2.24, 2.45) is 0 Å². The first-order valence-electron chi connectivity index (χ1n) is 6.84. The molecule has 1 aromatic rings. The number of aromatic nitrogens is 1. The van der Waals surface area contributed by atoms with Gasteiger partial charge >= 0.3 is 6.09 Å². The third kappa shape index (κ3) is 6.12. The van der Waals surface area contributed by atoms with Gasteiger partial charge in [-0.1, -0.05) is 13.8 Å². The molecule has 0 spiro atoms. The van der Waals surface area contributed by atoms with Crippen LogP contribution >= 0.6 is 11.3 Å². The second-order valence-corrected chi connectivity index (χ2v) is 7.14. The van der Waals surface area contributed by atoms with Gasteiger partial charge in [0.15, 0.2) is 5.13 Å². The fraction of sp³-hybridized carbons (Fsp3) is 0.643. The van der Waals surface area contributed by atoms with Crippen molar-refractivity contribution in [3.05, 3.63) is 11.1 Å². The van der Waals surface area contributed by atoms with Gasteiger partial charge in [-0.15, -0.1) is 11.3 Å². The number of hydrogen-bond acceptors (Lipinski definition) is 5.